The number of nitrogens with two attached hydrogens (primary N) is 1. The molecule has 5 heteroatoms. The average molecular weight is 201 g/mol. The Labute approximate surface area is 87.1 Å². The minimum atomic E-state index is -0.720. The lowest BCUT2D eigenvalue weighted by Gasteiger charge is -2.16. The Bertz CT molecular complexity index is 546. The summed E-state index contributed by atoms with van der Waals surface area (Å²) in [4.78, 5) is 4.19. The van der Waals surface area contributed by atoms with E-state index in [4.69, 9.17) is 11.0 Å². The van der Waals surface area contributed by atoms with Crippen LogP contribution in [0.2, 0.25) is 0 Å². The van der Waals surface area contributed by atoms with Crippen LogP contribution < -0.4 is 5.73 Å². The summed E-state index contributed by atoms with van der Waals surface area (Å²) in [6, 6.07) is 3.89. The van der Waals surface area contributed by atoms with Crippen molar-refractivity contribution in [3.8, 4) is 6.07 Å². The van der Waals surface area contributed by atoms with Gasteiger partial charge in [0.25, 0.3) is 0 Å². The monoisotopic (exact) mass is 201 g/mol. The molecule has 2 rings (SSSR count). The quantitative estimate of drug-likeness (QED) is 0.753. The van der Waals surface area contributed by atoms with Crippen LogP contribution in [0.4, 0.5) is 5.69 Å². The van der Waals surface area contributed by atoms with Gasteiger partial charge in [0.1, 0.15) is 5.54 Å². The Hall–Kier alpha value is -2.09. The van der Waals surface area contributed by atoms with E-state index in [0.717, 1.165) is 5.39 Å². The fourth-order valence-corrected chi connectivity index (χ4v) is 1.40. The van der Waals surface area contributed by atoms with Gasteiger partial charge in [0.2, 0.25) is 0 Å². The largest absolute Gasteiger partial charge is 0.398 e. The number of nitrogen functional groups attached to an aromatic ring is 1. The zero-order valence-corrected chi connectivity index (χ0v) is 8.60. The normalized spacial score (nSPS) is 11.5. The third-order valence-corrected chi connectivity index (χ3v) is 2.31. The summed E-state index contributed by atoms with van der Waals surface area (Å²) >= 11 is 0. The molecule has 0 radical (unpaired) electrons. The summed E-state index contributed by atoms with van der Waals surface area (Å²) in [5.41, 5.74) is 6.32. The van der Waals surface area contributed by atoms with Crippen LogP contribution in [0.15, 0.2) is 18.5 Å². The van der Waals surface area contributed by atoms with Crippen LogP contribution in [0.1, 0.15) is 13.8 Å². The SMILES string of the molecule is CC(C)(C#N)n1ncc2c(N)ccnc21. The van der Waals surface area contributed by atoms with E-state index in [1.807, 2.05) is 0 Å². The van der Waals surface area contributed by atoms with Gasteiger partial charge in [-0.25, -0.2) is 9.67 Å². The van der Waals surface area contributed by atoms with E-state index in [1.165, 1.54) is 0 Å². The number of fused-ring (bicyclic) bond motifs is 1. The summed E-state index contributed by atoms with van der Waals surface area (Å²) in [6.45, 7) is 3.56. The predicted molar refractivity (Wildman–Crippen MR) is 56.9 cm³/mol. The van der Waals surface area contributed by atoms with Crippen molar-refractivity contribution in [1.82, 2.24) is 14.8 Å². The van der Waals surface area contributed by atoms with Gasteiger partial charge < -0.3 is 5.73 Å². The topological polar surface area (TPSA) is 80.5 Å². The third-order valence-electron chi connectivity index (χ3n) is 2.31. The van der Waals surface area contributed by atoms with Crippen molar-refractivity contribution >= 4 is 16.7 Å². The van der Waals surface area contributed by atoms with Gasteiger partial charge in [0, 0.05) is 11.9 Å². The minimum Gasteiger partial charge on any atom is -0.398 e. The first kappa shape index (κ1) is 9.46. The van der Waals surface area contributed by atoms with Gasteiger partial charge in [-0.3, -0.25) is 0 Å². The Balaban J connectivity index is 2.76. The number of pyridine rings is 1. The van der Waals surface area contributed by atoms with Crippen LogP contribution in [0.25, 0.3) is 11.0 Å². The van der Waals surface area contributed by atoms with Crippen LogP contribution >= 0.6 is 0 Å². The summed E-state index contributed by atoms with van der Waals surface area (Å²) in [6.07, 6.45) is 3.25. The zero-order valence-electron chi connectivity index (χ0n) is 8.60. The number of aromatic nitrogens is 3. The summed E-state index contributed by atoms with van der Waals surface area (Å²) in [5.74, 6) is 0. The lowest BCUT2D eigenvalue weighted by atomic mass is 10.1. The summed E-state index contributed by atoms with van der Waals surface area (Å²) in [5, 5.41) is 14.0. The van der Waals surface area contributed by atoms with E-state index >= 15 is 0 Å². The molecule has 2 aromatic heterocycles. The Morgan fingerprint density at radius 1 is 1.53 bits per heavy atom. The molecular formula is C10H11N5. The maximum absolute atomic E-state index is 9.02. The fraction of sp³-hybridized carbons (Fsp3) is 0.300. The number of hydrogen-bond donors (Lipinski definition) is 1. The highest BCUT2D eigenvalue weighted by Gasteiger charge is 2.23. The van der Waals surface area contributed by atoms with Gasteiger partial charge in [-0.1, -0.05) is 0 Å². The minimum absolute atomic E-state index is 0.625. The molecule has 0 spiro atoms. The Morgan fingerprint density at radius 2 is 2.27 bits per heavy atom. The molecule has 0 bridgehead atoms. The Morgan fingerprint density at radius 3 is 2.93 bits per heavy atom. The van der Waals surface area contributed by atoms with Gasteiger partial charge in [0.15, 0.2) is 5.65 Å². The van der Waals surface area contributed by atoms with Crippen molar-refractivity contribution in [3.63, 3.8) is 0 Å². The fourth-order valence-electron chi connectivity index (χ4n) is 1.40. The van der Waals surface area contributed by atoms with E-state index < -0.39 is 5.54 Å². The van der Waals surface area contributed by atoms with Crippen molar-refractivity contribution in [3.05, 3.63) is 18.5 Å². The molecule has 15 heavy (non-hydrogen) atoms. The average Bonchev–Trinajstić information content (AvgIpc) is 2.63. The summed E-state index contributed by atoms with van der Waals surface area (Å²) in [7, 11) is 0. The van der Waals surface area contributed by atoms with E-state index in [-0.39, 0.29) is 0 Å². The van der Waals surface area contributed by atoms with E-state index in [2.05, 4.69) is 16.2 Å². The predicted octanol–water partition coefficient (Wildman–Crippen LogP) is 1.27. The lowest BCUT2D eigenvalue weighted by Crippen LogP contribution is -2.25. The first-order valence-corrected chi connectivity index (χ1v) is 4.56. The van der Waals surface area contributed by atoms with Gasteiger partial charge in [0.05, 0.1) is 17.7 Å². The van der Waals surface area contributed by atoms with E-state index in [1.54, 1.807) is 37.0 Å². The third kappa shape index (κ3) is 1.31. The van der Waals surface area contributed by atoms with Crippen molar-refractivity contribution in [2.45, 2.75) is 19.4 Å². The first-order valence-electron chi connectivity index (χ1n) is 4.56. The highest BCUT2D eigenvalue weighted by atomic mass is 15.3. The summed E-state index contributed by atoms with van der Waals surface area (Å²) < 4.78 is 1.58. The molecule has 5 nitrogen and oxygen atoms in total. The van der Waals surface area contributed by atoms with Crippen molar-refractivity contribution < 1.29 is 0 Å². The molecular weight excluding hydrogens is 190 g/mol. The molecule has 0 aliphatic rings. The van der Waals surface area contributed by atoms with Crippen LogP contribution in [-0.4, -0.2) is 14.8 Å². The second-order valence-corrected chi connectivity index (χ2v) is 3.86. The Kier molecular flexibility index (Phi) is 1.86. The molecule has 0 fully saturated rings. The molecule has 2 N–H and O–H groups in total. The highest BCUT2D eigenvalue weighted by molar-refractivity contribution is 5.87. The van der Waals surface area contributed by atoms with Gasteiger partial charge in [-0.2, -0.15) is 10.4 Å². The number of nitriles is 1. The maximum atomic E-state index is 9.02. The molecule has 0 aliphatic carbocycles. The second-order valence-electron chi connectivity index (χ2n) is 3.86. The molecule has 76 valence electrons. The molecule has 0 aliphatic heterocycles. The number of hydrogen-bond acceptors (Lipinski definition) is 4. The van der Waals surface area contributed by atoms with Crippen molar-refractivity contribution in [2.24, 2.45) is 0 Å². The molecule has 2 heterocycles. The molecule has 0 aromatic carbocycles. The standard InChI is InChI=1S/C10H11N5/c1-10(2,6-11)15-9-7(5-14-15)8(12)3-4-13-9/h3-5H,1-2H3,(H2,12,13). The number of rotatable bonds is 1. The lowest BCUT2D eigenvalue weighted by molar-refractivity contribution is 0.430. The molecule has 0 amide bonds. The van der Waals surface area contributed by atoms with Crippen LogP contribution in [0.3, 0.4) is 0 Å². The number of anilines is 1. The van der Waals surface area contributed by atoms with Crippen LogP contribution in [0.5, 0.6) is 0 Å². The van der Waals surface area contributed by atoms with Gasteiger partial charge in [-0.05, 0) is 19.9 Å². The molecule has 0 saturated heterocycles. The van der Waals surface area contributed by atoms with Gasteiger partial charge >= 0.3 is 0 Å². The number of nitrogens with zero attached hydrogens (tertiary/aromatic N) is 4. The van der Waals surface area contributed by atoms with E-state index in [0.29, 0.717) is 11.3 Å². The first-order chi connectivity index (χ1) is 7.06. The maximum Gasteiger partial charge on any atom is 0.161 e. The van der Waals surface area contributed by atoms with Crippen LogP contribution in [-0.2, 0) is 5.54 Å². The highest BCUT2D eigenvalue weighted by Crippen LogP contribution is 2.23. The molecule has 0 saturated carbocycles. The molecule has 0 unspecified atom stereocenters. The van der Waals surface area contributed by atoms with Crippen molar-refractivity contribution in [2.75, 3.05) is 5.73 Å². The second kappa shape index (κ2) is 2.95. The molecule has 0 atom stereocenters. The molecule has 2 aromatic rings. The van der Waals surface area contributed by atoms with Crippen LogP contribution in [0, 0.1) is 11.3 Å². The van der Waals surface area contributed by atoms with E-state index in [9.17, 15) is 0 Å². The smallest absolute Gasteiger partial charge is 0.161 e. The van der Waals surface area contributed by atoms with Crippen molar-refractivity contribution in [1.29, 1.82) is 5.26 Å². The zero-order chi connectivity index (χ0) is 11.1. The van der Waals surface area contributed by atoms with Gasteiger partial charge in [-0.15, -0.1) is 0 Å².